The molecule has 1 saturated carbocycles. The topological polar surface area (TPSA) is 26.3 Å². The average Bonchev–Trinajstić information content (AvgIpc) is 2.34. The van der Waals surface area contributed by atoms with Gasteiger partial charge in [-0.05, 0) is 37.0 Å². The first-order chi connectivity index (χ1) is 8.45. The van der Waals surface area contributed by atoms with Crippen molar-refractivity contribution in [1.29, 1.82) is 0 Å². The fraction of sp³-hybridized carbons (Fsp3) is 0.688. The van der Waals surface area contributed by atoms with Crippen LogP contribution in [0.15, 0.2) is 23.8 Å². The highest BCUT2D eigenvalue weighted by atomic mass is 16.5. The molecule has 2 nitrogen and oxygen atoms in total. The molecule has 2 rings (SSSR count). The predicted molar refractivity (Wildman–Crippen MR) is 73.1 cm³/mol. The zero-order chi connectivity index (χ0) is 13.3. The molecule has 0 radical (unpaired) electrons. The monoisotopic (exact) mass is 248 g/mol. The van der Waals surface area contributed by atoms with Gasteiger partial charge in [-0.1, -0.05) is 44.6 Å². The molecule has 3 atom stereocenters. The number of carbonyl (C=O) groups excluding carboxylic acids is 1. The Morgan fingerprint density at radius 2 is 2.22 bits per heavy atom. The van der Waals surface area contributed by atoms with Crippen molar-refractivity contribution >= 4 is 6.47 Å². The second-order valence-electron chi connectivity index (χ2n) is 6.48. The molecular weight excluding hydrogens is 224 g/mol. The van der Waals surface area contributed by atoms with Crippen LogP contribution in [-0.2, 0) is 9.53 Å². The molecule has 1 fully saturated rings. The first kappa shape index (κ1) is 13.4. The van der Waals surface area contributed by atoms with Gasteiger partial charge in [0, 0.05) is 5.92 Å². The van der Waals surface area contributed by atoms with Gasteiger partial charge in [-0.15, -0.1) is 0 Å². The Hall–Kier alpha value is -1.05. The molecule has 0 heterocycles. The molecule has 0 aromatic rings. The molecule has 0 saturated heterocycles. The number of hydrogen-bond acceptors (Lipinski definition) is 2. The van der Waals surface area contributed by atoms with Crippen molar-refractivity contribution < 1.29 is 9.53 Å². The van der Waals surface area contributed by atoms with Gasteiger partial charge in [-0.25, -0.2) is 0 Å². The summed E-state index contributed by atoms with van der Waals surface area (Å²) in [6, 6.07) is 0. The molecule has 1 unspecified atom stereocenters. The van der Waals surface area contributed by atoms with Gasteiger partial charge < -0.3 is 4.74 Å². The van der Waals surface area contributed by atoms with E-state index in [2.05, 4.69) is 33.4 Å². The fourth-order valence-electron chi connectivity index (χ4n) is 3.39. The van der Waals surface area contributed by atoms with Gasteiger partial charge in [0.15, 0.2) is 0 Å². The minimum Gasteiger partial charge on any atom is -0.464 e. The van der Waals surface area contributed by atoms with E-state index in [1.54, 1.807) is 5.57 Å². The third-order valence-corrected chi connectivity index (χ3v) is 4.69. The second-order valence-corrected chi connectivity index (χ2v) is 6.48. The van der Waals surface area contributed by atoms with Gasteiger partial charge >= 0.3 is 0 Å². The van der Waals surface area contributed by atoms with Crippen LogP contribution in [0, 0.1) is 17.3 Å². The van der Waals surface area contributed by atoms with E-state index in [1.807, 2.05) is 0 Å². The molecule has 0 bridgehead atoms. The molecule has 0 spiro atoms. The molecule has 0 amide bonds. The molecule has 100 valence electrons. The number of rotatable bonds is 2. The predicted octanol–water partition coefficient (Wildman–Crippen LogP) is 3.88. The Kier molecular flexibility index (Phi) is 3.65. The van der Waals surface area contributed by atoms with E-state index in [4.69, 9.17) is 4.74 Å². The maximum absolute atomic E-state index is 10.6. The van der Waals surface area contributed by atoms with E-state index < -0.39 is 0 Å². The number of ether oxygens (including phenoxy) is 1. The van der Waals surface area contributed by atoms with Crippen LogP contribution in [0.5, 0.6) is 0 Å². The number of allylic oxidation sites excluding steroid dienone is 3. The summed E-state index contributed by atoms with van der Waals surface area (Å²) >= 11 is 0. The van der Waals surface area contributed by atoms with Crippen LogP contribution in [0.4, 0.5) is 0 Å². The van der Waals surface area contributed by atoms with Crippen molar-refractivity contribution in [3.63, 3.8) is 0 Å². The van der Waals surface area contributed by atoms with Crippen molar-refractivity contribution in [2.75, 3.05) is 0 Å². The van der Waals surface area contributed by atoms with Crippen LogP contribution >= 0.6 is 0 Å². The molecule has 0 N–H and O–H groups in total. The number of hydrogen-bond donors (Lipinski definition) is 0. The molecule has 0 aromatic heterocycles. The summed E-state index contributed by atoms with van der Waals surface area (Å²) in [7, 11) is 0. The van der Waals surface area contributed by atoms with Crippen molar-refractivity contribution in [2.24, 2.45) is 17.3 Å². The van der Waals surface area contributed by atoms with Crippen LogP contribution in [0.2, 0.25) is 0 Å². The van der Waals surface area contributed by atoms with E-state index in [1.165, 1.54) is 12.0 Å². The van der Waals surface area contributed by atoms with E-state index in [0.29, 0.717) is 23.7 Å². The Bertz CT molecular complexity index is 379. The van der Waals surface area contributed by atoms with Crippen LogP contribution in [0.25, 0.3) is 0 Å². The van der Waals surface area contributed by atoms with Crippen LogP contribution < -0.4 is 0 Å². The van der Waals surface area contributed by atoms with E-state index >= 15 is 0 Å². The summed E-state index contributed by atoms with van der Waals surface area (Å²) in [5, 5.41) is 0. The summed E-state index contributed by atoms with van der Waals surface area (Å²) in [6.45, 7) is 11.6. The SMILES string of the molecule is C=C1CC[C@H](OC=O)C(C)C/C=C2\[C@H]1CC2(C)C. The first-order valence-electron chi connectivity index (χ1n) is 6.93. The molecule has 2 heteroatoms. The van der Waals surface area contributed by atoms with Gasteiger partial charge in [-0.2, -0.15) is 0 Å². The summed E-state index contributed by atoms with van der Waals surface area (Å²) in [5.41, 5.74) is 3.19. The summed E-state index contributed by atoms with van der Waals surface area (Å²) in [6.07, 6.45) is 6.51. The summed E-state index contributed by atoms with van der Waals surface area (Å²) < 4.78 is 5.23. The third-order valence-electron chi connectivity index (χ3n) is 4.69. The zero-order valence-corrected chi connectivity index (χ0v) is 11.7. The van der Waals surface area contributed by atoms with Crippen LogP contribution in [-0.4, -0.2) is 12.6 Å². The van der Waals surface area contributed by atoms with Crippen molar-refractivity contribution in [3.05, 3.63) is 23.8 Å². The van der Waals surface area contributed by atoms with E-state index in [-0.39, 0.29) is 6.10 Å². The molecule has 2 aliphatic carbocycles. The van der Waals surface area contributed by atoms with E-state index in [9.17, 15) is 4.79 Å². The number of carbonyl (C=O) groups is 1. The zero-order valence-electron chi connectivity index (χ0n) is 11.7. The normalized spacial score (nSPS) is 38.1. The van der Waals surface area contributed by atoms with E-state index in [0.717, 1.165) is 19.3 Å². The Morgan fingerprint density at radius 1 is 1.50 bits per heavy atom. The van der Waals surface area contributed by atoms with Crippen molar-refractivity contribution in [2.45, 2.75) is 52.6 Å². The van der Waals surface area contributed by atoms with Crippen molar-refractivity contribution in [1.82, 2.24) is 0 Å². The molecular formula is C16H24O2. The lowest BCUT2D eigenvalue weighted by molar-refractivity contribution is -0.136. The van der Waals surface area contributed by atoms with Gasteiger partial charge in [0.1, 0.15) is 6.10 Å². The average molecular weight is 248 g/mol. The number of fused-ring (bicyclic) bond motifs is 1. The second kappa shape index (κ2) is 4.91. The lowest BCUT2D eigenvalue weighted by Gasteiger charge is -2.47. The Morgan fingerprint density at radius 3 is 2.83 bits per heavy atom. The minimum absolute atomic E-state index is 0.0386. The third kappa shape index (κ3) is 2.38. The quantitative estimate of drug-likeness (QED) is 0.547. The lowest BCUT2D eigenvalue weighted by atomic mass is 9.57. The minimum atomic E-state index is 0.0386. The van der Waals surface area contributed by atoms with Gasteiger partial charge in [-0.3, -0.25) is 4.79 Å². The summed E-state index contributed by atoms with van der Waals surface area (Å²) in [5.74, 6) is 0.966. The molecule has 2 aliphatic rings. The molecule has 18 heavy (non-hydrogen) atoms. The maximum atomic E-state index is 10.6. The highest BCUT2D eigenvalue weighted by molar-refractivity contribution is 5.38. The van der Waals surface area contributed by atoms with Crippen molar-refractivity contribution in [3.8, 4) is 0 Å². The standard InChI is InChI=1S/C16H24O2/c1-11-6-8-15(18-10-17)12(2)5-7-14-13(11)9-16(14,3)4/h7,10,12-13,15H,1,5-6,8-9H2,2-4H3/b14-7+/t12?,13-,15-/m0/s1. The lowest BCUT2D eigenvalue weighted by Crippen LogP contribution is -2.36. The Balaban J connectivity index is 2.17. The molecule has 0 aliphatic heterocycles. The molecule has 0 aromatic carbocycles. The highest BCUT2D eigenvalue weighted by Crippen LogP contribution is 2.54. The fourth-order valence-corrected chi connectivity index (χ4v) is 3.39. The summed E-state index contributed by atoms with van der Waals surface area (Å²) in [4.78, 5) is 10.6. The highest BCUT2D eigenvalue weighted by Gasteiger charge is 2.43. The maximum Gasteiger partial charge on any atom is 0.293 e. The first-order valence-corrected chi connectivity index (χ1v) is 6.93. The largest absolute Gasteiger partial charge is 0.464 e. The Labute approximate surface area is 110 Å². The van der Waals surface area contributed by atoms with Crippen LogP contribution in [0.1, 0.15) is 46.5 Å². The smallest absolute Gasteiger partial charge is 0.293 e. The van der Waals surface area contributed by atoms with Gasteiger partial charge in [0.2, 0.25) is 0 Å². The van der Waals surface area contributed by atoms with Crippen LogP contribution in [0.3, 0.4) is 0 Å². The van der Waals surface area contributed by atoms with Gasteiger partial charge in [0.25, 0.3) is 6.47 Å². The van der Waals surface area contributed by atoms with Gasteiger partial charge in [0.05, 0.1) is 0 Å².